The lowest BCUT2D eigenvalue weighted by Crippen LogP contribution is -2.19. The van der Waals surface area contributed by atoms with Gasteiger partial charge in [0.05, 0.1) is 5.69 Å². The number of imidazole rings is 1. The molecule has 0 fully saturated rings. The fraction of sp³-hybridized carbons (Fsp3) is 0.188. The molecule has 8 nitrogen and oxygen atoms in total. The zero-order chi connectivity index (χ0) is 28.4. The van der Waals surface area contributed by atoms with E-state index in [1.807, 2.05) is 84.4 Å². The van der Waals surface area contributed by atoms with Crippen molar-refractivity contribution in [2.24, 2.45) is 0 Å². The molecular formula is C32H32N6O2. The number of fused-ring (bicyclic) bond motifs is 1. The zero-order valence-electron chi connectivity index (χ0n) is 23.2. The van der Waals surface area contributed by atoms with E-state index < -0.39 is 0 Å². The van der Waals surface area contributed by atoms with Crippen molar-refractivity contribution in [3.05, 3.63) is 108 Å². The molecule has 40 heavy (non-hydrogen) atoms. The number of benzene rings is 3. The first-order valence-electron chi connectivity index (χ1n) is 13.1. The third-order valence-corrected chi connectivity index (χ3v) is 6.86. The minimum absolute atomic E-state index is 0.0199. The Morgan fingerprint density at radius 3 is 2.40 bits per heavy atom. The lowest BCUT2D eigenvalue weighted by atomic mass is 9.87. The van der Waals surface area contributed by atoms with E-state index in [0.717, 1.165) is 16.8 Å². The molecule has 202 valence electrons. The molecular weight excluding hydrogens is 500 g/mol. The molecule has 2 aromatic heterocycles. The molecule has 0 radical (unpaired) electrons. The van der Waals surface area contributed by atoms with Crippen molar-refractivity contribution in [1.29, 1.82) is 0 Å². The second-order valence-corrected chi connectivity index (χ2v) is 10.7. The molecule has 3 aromatic carbocycles. The minimum Gasteiger partial charge on any atom is -0.355 e. The van der Waals surface area contributed by atoms with Crippen LogP contribution < -0.4 is 16.0 Å². The lowest BCUT2D eigenvalue weighted by Gasteiger charge is -2.19. The van der Waals surface area contributed by atoms with Gasteiger partial charge in [-0.3, -0.25) is 9.59 Å². The average Bonchev–Trinajstić information content (AvgIpc) is 3.43. The molecule has 5 aromatic rings. The summed E-state index contributed by atoms with van der Waals surface area (Å²) >= 11 is 0. The Kier molecular flexibility index (Phi) is 7.09. The third-order valence-electron chi connectivity index (χ3n) is 6.86. The monoisotopic (exact) mass is 532 g/mol. The molecule has 0 aliphatic heterocycles. The number of nitrogens with zero attached hydrogens (tertiary/aromatic N) is 3. The molecule has 0 aliphatic rings. The molecule has 0 unspecified atom stereocenters. The Hall–Kier alpha value is -4.98. The van der Waals surface area contributed by atoms with Crippen molar-refractivity contribution < 1.29 is 9.59 Å². The van der Waals surface area contributed by atoms with Crippen LogP contribution in [0.4, 0.5) is 17.2 Å². The quantitative estimate of drug-likeness (QED) is 0.236. The van der Waals surface area contributed by atoms with Crippen molar-refractivity contribution in [2.45, 2.75) is 33.1 Å². The molecule has 0 saturated heterocycles. The average molecular weight is 533 g/mol. The summed E-state index contributed by atoms with van der Waals surface area (Å²) in [4.78, 5) is 34.6. The van der Waals surface area contributed by atoms with Gasteiger partial charge >= 0.3 is 0 Å². The highest BCUT2D eigenvalue weighted by molar-refractivity contribution is 6.04. The fourth-order valence-electron chi connectivity index (χ4n) is 4.52. The second-order valence-electron chi connectivity index (χ2n) is 10.7. The van der Waals surface area contributed by atoms with E-state index in [4.69, 9.17) is 4.98 Å². The largest absolute Gasteiger partial charge is 0.355 e. The van der Waals surface area contributed by atoms with Crippen molar-refractivity contribution in [3.63, 3.8) is 0 Å². The van der Waals surface area contributed by atoms with E-state index in [1.54, 1.807) is 19.3 Å². The van der Waals surface area contributed by atoms with E-state index in [9.17, 15) is 9.59 Å². The molecule has 2 heterocycles. The number of amides is 2. The van der Waals surface area contributed by atoms with E-state index in [1.165, 1.54) is 5.56 Å². The van der Waals surface area contributed by atoms with Crippen LogP contribution in [0.5, 0.6) is 0 Å². The normalized spacial score (nSPS) is 11.3. The van der Waals surface area contributed by atoms with Crippen LogP contribution >= 0.6 is 0 Å². The van der Waals surface area contributed by atoms with Gasteiger partial charge in [0.1, 0.15) is 0 Å². The van der Waals surface area contributed by atoms with Gasteiger partial charge < -0.3 is 20.4 Å². The summed E-state index contributed by atoms with van der Waals surface area (Å²) in [5.41, 5.74) is 6.77. The number of nitrogens with one attached hydrogen (secondary N) is 3. The third kappa shape index (κ3) is 5.42. The predicted octanol–water partition coefficient (Wildman–Crippen LogP) is 6.36. The summed E-state index contributed by atoms with van der Waals surface area (Å²) in [7, 11) is 1.61. The summed E-state index contributed by atoms with van der Waals surface area (Å²) in [6.07, 6.45) is 5.46. The maximum absolute atomic E-state index is 13.0. The molecule has 3 N–H and O–H groups in total. The van der Waals surface area contributed by atoms with Crippen LogP contribution in [-0.4, -0.2) is 33.2 Å². The van der Waals surface area contributed by atoms with Crippen LogP contribution in [-0.2, 0) is 5.41 Å². The number of rotatable bonds is 6. The Morgan fingerprint density at radius 1 is 0.925 bits per heavy atom. The Balaban J connectivity index is 1.44. The van der Waals surface area contributed by atoms with Gasteiger partial charge in [0, 0.05) is 53.7 Å². The standard InChI is InChI=1S/C32H32N6O2/c1-20-25(31(40)33-5)10-7-11-26(20)36-28-29-34-16-17-38(29)19-27(37-28)22-8-6-9-24(18-22)35-30(39)21-12-14-23(15-13-21)32(2,3)4/h6-19H,1-5H3,(H,33,40)(H,35,39)(H,36,37). The first-order valence-corrected chi connectivity index (χ1v) is 13.1. The van der Waals surface area contributed by atoms with E-state index >= 15 is 0 Å². The van der Waals surface area contributed by atoms with E-state index in [-0.39, 0.29) is 17.2 Å². The fourth-order valence-corrected chi connectivity index (χ4v) is 4.52. The number of aromatic nitrogens is 3. The molecule has 2 amide bonds. The van der Waals surface area contributed by atoms with Gasteiger partial charge in [-0.2, -0.15) is 0 Å². The first-order chi connectivity index (χ1) is 19.1. The molecule has 0 bridgehead atoms. The summed E-state index contributed by atoms with van der Waals surface area (Å²) in [6, 6.07) is 20.8. The highest BCUT2D eigenvalue weighted by Crippen LogP contribution is 2.29. The lowest BCUT2D eigenvalue weighted by molar-refractivity contribution is 0.0961. The van der Waals surface area contributed by atoms with Crippen LogP contribution in [0.3, 0.4) is 0 Å². The molecule has 5 rings (SSSR count). The van der Waals surface area contributed by atoms with Gasteiger partial charge in [-0.15, -0.1) is 0 Å². The molecule has 0 saturated carbocycles. The number of hydrogen-bond donors (Lipinski definition) is 3. The van der Waals surface area contributed by atoms with Gasteiger partial charge in [0.2, 0.25) is 0 Å². The predicted molar refractivity (Wildman–Crippen MR) is 159 cm³/mol. The van der Waals surface area contributed by atoms with Gasteiger partial charge in [0.15, 0.2) is 11.5 Å². The number of carbonyl (C=O) groups is 2. The van der Waals surface area contributed by atoms with Crippen molar-refractivity contribution in [1.82, 2.24) is 19.7 Å². The zero-order valence-corrected chi connectivity index (χ0v) is 23.2. The van der Waals surface area contributed by atoms with Crippen LogP contribution in [0.25, 0.3) is 16.9 Å². The van der Waals surface area contributed by atoms with E-state index in [0.29, 0.717) is 34.0 Å². The maximum Gasteiger partial charge on any atom is 0.255 e. The minimum atomic E-state index is -0.176. The van der Waals surface area contributed by atoms with Crippen LogP contribution in [0.1, 0.15) is 52.6 Å². The van der Waals surface area contributed by atoms with Gasteiger partial charge in [-0.05, 0) is 59.9 Å². The summed E-state index contributed by atoms with van der Waals surface area (Å²) in [5.74, 6) is 0.218. The smallest absolute Gasteiger partial charge is 0.255 e. The first kappa shape index (κ1) is 26.6. The topological polar surface area (TPSA) is 100 Å². The highest BCUT2D eigenvalue weighted by atomic mass is 16.2. The maximum atomic E-state index is 13.0. The summed E-state index contributed by atoms with van der Waals surface area (Å²) < 4.78 is 1.89. The Bertz CT molecular complexity index is 1710. The van der Waals surface area contributed by atoms with Gasteiger partial charge in [0.25, 0.3) is 11.8 Å². The molecule has 0 spiro atoms. The van der Waals surface area contributed by atoms with Crippen molar-refractivity contribution >= 4 is 34.7 Å². The molecule has 0 atom stereocenters. The number of anilines is 3. The van der Waals surface area contributed by atoms with Crippen molar-refractivity contribution in [2.75, 3.05) is 17.7 Å². The van der Waals surface area contributed by atoms with Gasteiger partial charge in [-0.1, -0.05) is 51.1 Å². The molecule has 0 aliphatic carbocycles. The summed E-state index contributed by atoms with van der Waals surface area (Å²) in [6.45, 7) is 8.33. The molecule has 8 heteroatoms. The van der Waals surface area contributed by atoms with Gasteiger partial charge in [-0.25, -0.2) is 9.97 Å². The Morgan fingerprint density at radius 2 is 1.68 bits per heavy atom. The van der Waals surface area contributed by atoms with Crippen molar-refractivity contribution in [3.8, 4) is 11.3 Å². The van der Waals surface area contributed by atoms with Crippen LogP contribution in [0.2, 0.25) is 0 Å². The Labute approximate surface area is 233 Å². The highest BCUT2D eigenvalue weighted by Gasteiger charge is 2.16. The summed E-state index contributed by atoms with van der Waals surface area (Å²) in [5, 5.41) is 9.05. The van der Waals surface area contributed by atoms with Crippen LogP contribution in [0.15, 0.2) is 85.3 Å². The SMILES string of the molecule is CNC(=O)c1cccc(Nc2nc(-c3cccc(NC(=O)c4ccc(C(C)(C)C)cc4)c3)cn3ccnc23)c1C. The van der Waals surface area contributed by atoms with E-state index in [2.05, 4.69) is 41.7 Å². The van der Waals surface area contributed by atoms with Crippen LogP contribution in [0, 0.1) is 6.92 Å². The number of carbonyl (C=O) groups excluding carboxylic acids is 2. The number of hydrogen-bond acceptors (Lipinski definition) is 5. The second kappa shape index (κ2) is 10.6.